The Morgan fingerprint density at radius 2 is 2.00 bits per heavy atom. The molecule has 0 spiro atoms. The smallest absolute Gasteiger partial charge is 0.410 e. The van der Waals surface area contributed by atoms with Crippen LogP contribution in [0.5, 0.6) is 0 Å². The molecular formula is C16H20N2O5. The van der Waals surface area contributed by atoms with Crippen LogP contribution in [0.25, 0.3) is 0 Å². The molecule has 0 bridgehead atoms. The Hall–Kier alpha value is -2.57. The van der Waals surface area contributed by atoms with Gasteiger partial charge in [-0.3, -0.25) is 14.5 Å². The molecule has 1 saturated heterocycles. The minimum atomic E-state index is -0.608. The summed E-state index contributed by atoms with van der Waals surface area (Å²) in [6.45, 7) is 0.412. The maximum absolute atomic E-state index is 12.2. The Bertz CT molecular complexity index is 561. The highest BCUT2D eigenvalue weighted by atomic mass is 16.6. The molecule has 2 amide bonds. The van der Waals surface area contributed by atoms with Crippen molar-refractivity contribution >= 4 is 18.0 Å². The quantitative estimate of drug-likeness (QED) is 0.821. The monoisotopic (exact) mass is 320 g/mol. The number of likely N-dealkylation sites (tertiary alicyclic amines) is 1. The number of nitrogens with one attached hydrogen (secondary N) is 1. The fourth-order valence-corrected chi connectivity index (χ4v) is 2.41. The van der Waals surface area contributed by atoms with Gasteiger partial charge >= 0.3 is 12.1 Å². The van der Waals surface area contributed by atoms with E-state index in [0.29, 0.717) is 13.0 Å². The molecule has 0 saturated carbocycles. The Morgan fingerprint density at radius 1 is 1.26 bits per heavy atom. The summed E-state index contributed by atoms with van der Waals surface area (Å²) in [6, 6.07) is 8.72. The second-order valence-electron chi connectivity index (χ2n) is 5.19. The summed E-state index contributed by atoms with van der Waals surface area (Å²) >= 11 is 0. The Kier molecular flexibility index (Phi) is 5.96. The van der Waals surface area contributed by atoms with E-state index in [9.17, 15) is 14.4 Å². The molecule has 23 heavy (non-hydrogen) atoms. The maximum atomic E-state index is 12.2. The van der Waals surface area contributed by atoms with Gasteiger partial charge in [0, 0.05) is 6.54 Å². The summed E-state index contributed by atoms with van der Waals surface area (Å²) in [4.78, 5) is 36.7. The average Bonchev–Trinajstić information content (AvgIpc) is 3.08. The van der Waals surface area contributed by atoms with Gasteiger partial charge in [0.15, 0.2) is 0 Å². The molecule has 1 aromatic carbocycles. The number of amides is 2. The first-order chi connectivity index (χ1) is 11.1. The largest absolute Gasteiger partial charge is 0.468 e. The van der Waals surface area contributed by atoms with Crippen molar-refractivity contribution in [1.82, 2.24) is 10.2 Å². The number of hydrogen-bond donors (Lipinski definition) is 1. The zero-order valence-corrected chi connectivity index (χ0v) is 13.0. The molecular weight excluding hydrogens is 300 g/mol. The van der Waals surface area contributed by atoms with Gasteiger partial charge in [0.05, 0.1) is 7.11 Å². The molecule has 7 heteroatoms. The molecule has 0 aliphatic carbocycles. The van der Waals surface area contributed by atoms with E-state index in [0.717, 1.165) is 12.0 Å². The maximum Gasteiger partial charge on any atom is 0.410 e. The van der Waals surface area contributed by atoms with Crippen LogP contribution in [0.1, 0.15) is 18.4 Å². The SMILES string of the molecule is COC(=O)CNC(=O)C1CCCN1C(=O)OCc1ccccc1. The van der Waals surface area contributed by atoms with Crippen LogP contribution in [0.3, 0.4) is 0 Å². The normalized spacial score (nSPS) is 16.7. The zero-order chi connectivity index (χ0) is 16.7. The highest BCUT2D eigenvalue weighted by molar-refractivity contribution is 5.88. The fraction of sp³-hybridized carbons (Fsp3) is 0.438. The summed E-state index contributed by atoms with van der Waals surface area (Å²) in [7, 11) is 1.25. The summed E-state index contributed by atoms with van der Waals surface area (Å²) in [5.74, 6) is -0.904. The molecule has 1 fully saturated rings. The second-order valence-corrected chi connectivity index (χ2v) is 5.19. The molecule has 2 rings (SSSR count). The van der Waals surface area contributed by atoms with E-state index in [1.54, 1.807) is 0 Å². The highest BCUT2D eigenvalue weighted by Gasteiger charge is 2.35. The number of esters is 1. The molecule has 0 radical (unpaired) electrons. The van der Waals surface area contributed by atoms with Crippen LogP contribution in [0.4, 0.5) is 4.79 Å². The predicted molar refractivity (Wildman–Crippen MR) is 81.4 cm³/mol. The number of ether oxygens (including phenoxy) is 2. The lowest BCUT2D eigenvalue weighted by molar-refractivity contribution is -0.141. The van der Waals surface area contributed by atoms with Gasteiger partial charge in [-0.1, -0.05) is 30.3 Å². The van der Waals surface area contributed by atoms with E-state index in [-0.39, 0.29) is 19.1 Å². The van der Waals surface area contributed by atoms with Crippen molar-refractivity contribution in [3.8, 4) is 0 Å². The van der Waals surface area contributed by atoms with E-state index in [1.807, 2.05) is 30.3 Å². The number of carbonyl (C=O) groups excluding carboxylic acids is 3. The van der Waals surface area contributed by atoms with Crippen molar-refractivity contribution in [2.75, 3.05) is 20.2 Å². The number of carbonyl (C=O) groups is 3. The molecule has 1 N–H and O–H groups in total. The van der Waals surface area contributed by atoms with Gasteiger partial charge in [-0.25, -0.2) is 4.79 Å². The van der Waals surface area contributed by atoms with Gasteiger partial charge in [-0.2, -0.15) is 0 Å². The van der Waals surface area contributed by atoms with Crippen LogP contribution < -0.4 is 5.32 Å². The van der Waals surface area contributed by atoms with E-state index in [2.05, 4.69) is 10.1 Å². The Morgan fingerprint density at radius 3 is 2.70 bits per heavy atom. The van der Waals surface area contributed by atoms with Gasteiger partial charge in [-0.15, -0.1) is 0 Å². The van der Waals surface area contributed by atoms with Gasteiger partial charge in [0.2, 0.25) is 5.91 Å². The van der Waals surface area contributed by atoms with Crippen LogP contribution in [0.2, 0.25) is 0 Å². The van der Waals surface area contributed by atoms with Crippen molar-refractivity contribution in [2.45, 2.75) is 25.5 Å². The van der Waals surface area contributed by atoms with Crippen molar-refractivity contribution in [3.05, 3.63) is 35.9 Å². The standard InChI is InChI=1S/C16H20N2O5/c1-22-14(19)10-17-15(20)13-8-5-9-18(13)16(21)23-11-12-6-3-2-4-7-12/h2-4,6-7,13H,5,8-11H2,1H3,(H,17,20). The van der Waals surface area contributed by atoms with Gasteiger partial charge in [0.25, 0.3) is 0 Å². The van der Waals surface area contributed by atoms with Gasteiger partial charge in [0.1, 0.15) is 19.2 Å². The minimum Gasteiger partial charge on any atom is -0.468 e. The first-order valence-corrected chi connectivity index (χ1v) is 7.43. The van der Waals surface area contributed by atoms with E-state index < -0.39 is 18.1 Å². The third-order valence-corrected chi connectivity index (χ3v) is 3.63. The summed E-state index contributed by atoms with van der Waals surface area (Å²) in [6.07, 6.45) is 0.745. The topological polar surface area (TPSA) is 84.9 Å². The third-order valence-electron chi connectivity index (χ3n) is 3.63. The second kappa shape index (κ2) is 8.17. The van der Waals surface area contributed by atoms with Gasteiger partial charge < -0.3 is 14.8 Å². The van der Waals surface area contributed by atoms with Crippen LogP contribution in [0, 0.1) is 0 Å². The molecule has 1 aromatic rings. The molecule has 1 atom stereocenters. The van der Waals surface area contributed by atoms with E-state index in [1.165, 1.54) is 12.0 Å². The number of nitrogens with zero attached hydrogens (tertiary/aromatic N) is 1. The van der Waals surface area contributed by atoms with Crippen molar-refractivity contribution in [1.29, 1.82) is 0 Å². The van der Waals surface area contributed by atoms with Crippen LogP contribution in [-0.4, -0.2) is 49.1 Å². The number of hydrogen-bond acceptors (Lipinski definition) is 5. The summed E-state index contributed by atoms with van der Waals surface area (Å²) in [5, 5.41) is 2.47. The lowest BCUT2D eigenvalue weighted by atomic mass is 10.2. The molecule has 1 aliphatic rings. The van der Waals surface area contributed by atoms with Crippen LogP contribution in [0.15, 0.2) is 30.3 Å². The highest BCUT2D eigenvalue weighted by Crippen LogP contribution is 2.19. The Labute approximate surface area is 134 Å². The first-order valence-electron chi connectivity index (χ1n) is 7.43. The number of rotatable bonds is 5. The van der Waals surface area contributed by atoms with E-state index >= 15 is 0 Å². The van der Waals surface area contributed by atoms with Crippen molar-refractivity contribution in [2.24, 2.45) is 0 Å². The van der Waals surface area contributed by atoms with Crippen LogP contribution >= 0.6 is 0 Å². The molecule has 1 heterocycles. The summed E-state index contributed by atoms with van der Waals surface area (Å²) < 4.78 is 9.72. The summed E-state index contributed by atoms with van der Waals surface area (Å²) in [5.41, 5.74) is 0.881. The number of benzene rings is 1. The lowest BCUT2D eigenvalue weighted by Gasteiger charge is -2.23. The van der Waals surface area contributed by atoms with Crippen LogP contribution in [-0.2, 0) is 25.7 Å². The lowest BCUT2D eigenvalue weighted by Crippen LogP contribution is -2.47. The van der Waals surface area contributed by atoms with E-state index in [4.69, 9.17) is 4.74 Å². The molecule has 1 aliphatic heterocycles. The zero-order valence-electron chi connectivity index (χ0n) is 13.0. The predicted octanol–water partition coefficient (Wildman–Crippen LogP) is 1.08. The molecule has 124 valence electrons. The van der Waals surface area contributed by atoms with Crippen molar-refractivity contribution < 1.29 is 23.9 Å². The first kappa shape index (κ1) is 16.8. The minimum absolute atomic E-state index is 0.159. The molecule has 1 unspecified atom stereocenters. The fourth-order valence-electron chi connectivity index (χ4n) is 2.41. The number of methoxy groups -OCH3 is 1. The van der Waals surface area contributed by atoms with Gasteiger partial charge in [-0.05, 0) is 18.4 Å². The third kappa shape index (κ3) is 4.70. The Balaban J connectivity index is 1.86. The molecule has 0 aromatic heterocycles. The van der Waals surface area contributed by atoms with Crippen molar-refractivity contribution in [3.63, 3.8) is 0 Å². The molecule has 7 nitrogen and oxygen atoms in total. The average molecular weight is 320 g/mol.